The minimum atomic E-state index is -0.327. The maximum absolute atomic E-state index is 13.3. The number of aryl methyl sites for hydroxylation is 1. The molecular formula is C13H16FNO. The van der Waals surface area contributed by atoms with Gasteiger partial charge in [-0.15, -0.1) is 0 Å². The van der Waals surface area contributed by atoms with Crippen LogP contribution in [-0.2, 0) is 0 Å². The quantitative estimate of drug-likeness (QED) is 0.835. The second kappa shape index (κ2) is 4.24. The molecule has 1 aromatic carbocycles. The van der Waals surface area contributed by atoms with Crippen LogP contribution in [0.15, 0.2) is 18.2 Å². The normalized spacial score (nSPS) is 16.9. The molecule has 3 heteroatoms. The predicted octanol–water partition coefficient (Wildman–Crippen LogP) is 2.66. The fourth-order valence-corrected chi connectivity index (χ4v) is 1.74. The van der Waals surface area contributed by atoms with Crippen LogP contribution in [0.3, 0.4) is 0 Å². The van der Waals surface area contributed by atoms with Gasteiger partial charge in [-0.25, -0.2) is 4.39 Å². The van der Waals surface area contributed by atoms with Crippen LogP contribution in [0.4, 0.5) is 4.39 Å². The van der Waals surface area contributed by atoms with Gasteiger partial charge in [-0.05, 0) is 50.3 Å². The van der Waals surface area contributed by atoms with Crippen LogP contribution in [-0.4, -0.2) is 11.9 Å². The predicted molar refractivity (Wildman–Crippen MR) is 60.8 cm³/mol. The monoisotopic (exact) mass is 221 g/mol. The highest BCUT2D eigenvalue weighted by Gasteiger charge is 2.29. The Balaban J connectivity index is 2.05. The van der Waals surface area contributed by atoms with Gasteiger partial charge < -0.3 is 5.32 Å². The summed E-state index contributed by atoms with van der Waals surface area (Å²) in [6.45, 7) is 3.68. The summed E-state index contributed by atoms with van der Waals surface area (Å²) in [6, 6.07) is 4.78. The van der Waals surface area contributed by atoms with Gasteiger partial charge >= 0.3 is 0 Å². The van der Waals surface area contributed by atoms with E-state index in [9.17, 15) is 9.18 Å². The van der Waals surface area contributed by atoms with Gasteiger partial charge in [0.1, 0.15) is 5.82 Å². The van der Waals surface area contributed by atoms with Crippen LogP contribution in [0.5, 0.6) is 0 Å². The van der Waals surface area contributed by atoms with E-state index in [4.69, 9.17) is 0 Å². The molecule has 2 nitrogen and oxygen atoms in total. The van der Waals surface area contributed by atoms with Gasteiger partial charge in [0.25, 0.3) is 5.91 Å². The number of amides is 1. The van der Waals surface area contributed by atoms with E-state index >= 15 is 0 Å². The number of carbonyl (C=O) groups is 1. The van der Waals surface area contributed by atoms with Crippen molar-refractivity contribution in [1.29, 1.82) is 0 Å². The molecule has 86 valence electrons. The highest BCUT2D eigenvalue weighted by molar-refractivity contribution is 5.94. The highest BCUT2D eigenvalue weighted by atomic mass is 19.1. The van der Waals surface area contributed by atoms with Gasteiger partial charge in [0, 0.05) is 11.6 Å². The first-order valence-electron chi connectivity index (χ1n) is 5.65. The van der Waals surface area contributed by atoms with Crippen LogP contribution < -0.4 is 5.32 Å². The third-order valence-corrected chi connectivity index (χ3v) is 3.12. The third kappa shape index (κ3) is 2.40. The topological polar surface area (TPSA) is 29.1 Å². The lowest BCUT2D eigenvalue weighted by Crippen LogP contribution is -2.34. The molecule has 0 aromatic heterocycles. The molecule has 0 heterocycles. The summed E-state index contributed by atoms with van der Waals surface area (Å²) in [7, 11) is 0. The van der Waals surface area contributed by atoms with Crippen LogP contribution in [0, 0.1) is 18.7 Å². The zero-order valence-electron chi connectivity index (χ0n) is 9.59. The lowest BCUT2D eigenvalue weighted by molar-refractivity contribution is 0.0935. The van der Waals surface area contributed by atoms with E-state index in [2.05, 4.69) is 5.32 Å². The molecule has 1 fully saturated rings. The van der Waals surface area contributed by atoms with Crippen molar-refractivity contribution in [3.63, 3.8) is 0 Å². The third-order valence-electron chi connectivity index (χ3n) is 3.12. The van der Waals surface area contributed by atoms with Crippen molar-refractivity contribution in [2.75, 3.05) is 0 Å². The van der Waals surface area contributed by atoms with Crippen molar-refractivity contribution < 1.29 is 9.18 Å². The molecule has 0 saturated heterocycles. The Hall–Kier alpha value is -1.38. The van der Waals surface area contributed by atoms with E-state index in [0.29, 0.717) is 17.0 Å². The van der Waals surface area contributed by atoms with Crippen LogP contribution >= 0.6 is 0 Å². The number of hydrogen-bond donors (Lipinski definition) is 1. The Bertz CT molecular complexity index is 412. The fraction of sp³-hybridized carbons (Fsp3) is 0.462. The maximum Gasteiger partial charge on any atom is 0.251 e. The molecule has 1 aromatic rings. The summed E-state index contributed by atoms with van der Waals surface area (Å²) < 4.78 is 13.3. The van der Waals surface area contributed by atoms with E-state index < -0.39 is 0 Å². The van der Waals surface area contributed by atoms with E-state index in [1.54, 1.807) is 19.1 Å². The molecule has 1 N–H and O–H groups in total. The van der Waals surface area contributed by atoms with Crippen molar-refractivity contribution >= 4 is 5.91 Å². The smallest absolute Gasteiger partial charge is 0.251 e. The molecule has 0 aliphatic heterocycles. The zero-order chi connectivity index (χ0) is 11.7. The van der Waals surface area contributed by atoms with Crippen molar-refractivity contribution in [3.05, 3.63) is 35.1 Å². The number of benzene rings is 1. The largest absolute Gasteiger partial charge is 0.349 e. The SMILES string of the molecule is Cc1ccc(C(=O)NC(C)C2CC2)cc1F. The average Bonchev–Trinajstić information content (AvgIpc) is 3.05. The number of nitrogens with one attached hydrogen (secondary N) is 1. The lowest BCUT2D eigenvalue weighted by Gasteiger charge is -2.12. The van der Waals surface area contributed by atoms with Gasteiger partial charge in [-0.1, -0.05) is 6.07 Å². The van der Waals surface area contributed by atoms with E-state index in [-0.39, 0.29) is 17.8 Å². The molecule has 1 aliphatic carbocycles. The number of carbonyl (C=O) groups excluding carboxylic acids is 1. The van der Waals surface area contributed by atoms with Crippen molar-refractivity contribution in [3.8, 4) is 0 Å². The van der Waals surface area contributed by atoms with Gasteiger partial charge in [0.05, 0.1) is 0 Å². The minimum Gasteiger partial charge on any atom is -0.349 e. The molecule has 1 unspecified atom stereocenters. The maximum atomic E-state index is 13.3. The first-order valence-corrected chi connectivity index (χ1v) is 5.65. The van der Waals surface area contributed by atoms with Crippen LogP contribution in [0.2, 0.25) is 0 Å². The highest BCUT2D eigenvalue weighted by Crippen LogP contribution is 2.32. The fourth-order valence-electron chi connectivity index (χ4n) is 1.74. The summed E-state index contributed by atoms with van der Waals surface area (Å²) in [4.78, 5) is 11.8. The van der Waals surface area contributed by atoms with Crippen molar-refractivity contribution in [2.45, 2.75) is 32.7 Å². The van der Waals surface area contributed by atoms with Gasteiger partial charge in [-0.2, -0.15) is 0 Å². The minimum absolute atomic E-state index is 0.182. The van der Waals surface area contributed by atoms with Gasteiger partial charge in [-0.3, -0.25) is 4.79 Å². The standard InChI is InChI=1S/C13H16FNO/c1-8-3-4-11(7-12(8)14)13(16)15-9(2)10-5-6-10/h3-4,7,9-10H,5-6H2,1-2H3,(H,15,16). The van der Waals surface area contributed by atoms with E-state index in [1.165, 1.54) is 18.9 Å². The first-order chi connectivity index (χ1) is 7.58. The molecule has 1 amide bonds. The molecule has 1 saturated carbocycles. The van der Waals surface area contributed by atoms with Crippen molar-refractivity contribution in [2.24, 2.45) is 5.92 Å². The second-order valence-corrected chi connectivity index (χ2v) is 4.56. The summed E-state index contributed by atoms with van der Waals surface area (Å²) in [6.07, 6.45) is 2.37. The number of hydrogen-bond acceptors (Lipinski definition) is 1. The Morgan fingerprint density at radius 2 is 2.19 bits per heavy atom. The average molecular weight is 221 g/mol. The van der Waals surface area contributed by atoms with E-state index in [0.717, 1.165) is 0 Å². The summed E-state index contributed by atoms with van der Waals surface area (Å²) in [5, 5.41) is 2.90. The molecule has 0 bridgehead atoms. The number of rotatable bonds is 3. The molecule has 2 rings (SSSR count). The molecule has 0 spiro atoms. The lowest BCUT2D eigenvalue weighted by atomic mass is 10.1. The zero-order valence-corrected chi connectivity index (χ0v) is 9.59. The molecule has 1 aliphatic rings. The Kier molecular flexibility index (Phi) is 2.95. The van der Waals surface area contributed by atoms with Gasteiger partial charge in [0.15, 0.2) is 0 Å². The Morgan fingerprint density at radius 1 is 1.50 bits per heavy atom. The molecular weight excluding hydrogens is 205 g/mol. The molecule has 1 atom stereocenters. The van der Waals surface area contributed by atoms with Crippen LogP contribution in [0.25, 0.3) is 0 Å². The summed E-state index contributed by atoms with van der Waals surface area (Å²) in [5.41, 5.74) is 0.961. The van der Waals surface area contributed by atoms with Gasteiger partial charge in [0.2, 0.25) is 0 Å². The molecule has 16 heavy (non-hydrogen) atoms. The first kappa shape index (κ1) is 11.1. The van der Waals surface area contributed by atoms with Crippen LogP contribution in [0.1, 0.15) is 35.7 Å². The Labute approximate surface area is 94.9 Å². The second-order valence-electron chi connectivity index (χ2n) is 4.56. The van der Waals surface area contributed by atoms with E-state index in [1.807, 2.05) is 6.92 Å². The molecule has 0 radical (unpaired) electrons. The Morgan fingerprint density at radius 3 is 2.75 bits per heavy atom. The summed E-state index contributed by atoms with van der Waals surface area (Å²) in [5.74, 6) is 0.101. The number of halogens is 1. The summed E-state index contributed by atoms with van der Waals surface area (Å²) >= 11 is 0. The van der Waals surface area contributed by atoms with Crippen molar-refractivity contribution in [1.82, 2.24) is 5.32 Å².